The van der Waals surface area contributed by atoms with E-state index in [1.807, 2.05) is 41.5 Å². The molecule has 16 nitrogen and oxygen atoms in total. The number of hydrogen-bond donors (Lipinski definition) is 3. The Morgan fingerprint density at radius 2 is 1.22 bits per heavy atom. The molecule has 3 rings (SSSR count). The van der Waals surface area contributed by atoms with E-state index in [4.69, 9.17) is 4.74 Å². The smallest absolute Gasteiger partial charge is 0.308 e. The highest BCUT2D eigenvalue weighted by Crippen LogP contribution is 2.36. The summed E-state index contributed by atoms with van der Waals surface area (Å²) in [5, 5.41) is 8.02. The molecule has 8 amide bonds. The number of imide groups is 2. The third kappa shape index (κ3) is 13.4. The van der Waals surface area contributed by atoms with E-state index in [1.165, 1.54) is 11.8 Å². The zero-order valence-electron chi connectivity index (χ0n) is 36.6. The van der Waals surface area contributed by atoms with Crippen molar-refractivity contribution in [3.8, 4) is 0 Å². The standard InChI is InChI=1S/C43H64N6O10/c1-25(2)36(38(55)44-27(5)37(54)45-29-14-12-28(13-15-29)24-59-41(58)26(3)4)46-32(50)16-17-33(51)47(18-20-48-34(52)22-30(39(48)56)42(6,7)8)19-21-49-35(53)23-31(40(49)57)43(9,10)11/h12-15,25-27,30-31,36H,16-24H2,1-11H3,(H,44,55)(H,45,54)(H,46,50)/t27-,30?,31?,36-/m0/s1. The molecule has 2 fully saturated rings. The van der Waals surface area contributed by atoms with Gasteiger partial charge < -0.3 is 25.6 Å². The Morgan fingerprint density at radius 1 is 0.729 bits per heavy atom. The van der Waals surface area contributed by atoms with Crippen LogP contribution in [-0.4, -0.2) is 106 Å². The zero-order valence-corrected chi connectivity index (χ0v) is 36.6. The Bertz CT molecular complexity index is 1700. The summed E-state index contributed by atoms with van der Waals surface area (Å²) in [6, 6.07) is 4.68. The largest absolute Gasteiger partial charge is 0.461 e. The first-order chi connectivity index (χ1) is 27.3. The summed E-state index contributed by atoms with van der Waals surface area (Å²) in [4.78, 5) is 121. The second kappa shape index (κ2) is 20.2. The number of amides is 8. The summed E-state index contributed by atoms with van der Waals surface area (Å²) in [5.74, 6) is -5.53. The normalized spacial score (nSPS) is 18.3. The number of hydrogen-bond acceptors (Lipinski definition) is 10. The molecule has 2 saturated heterocycles. The minimum absolute atomic E-state index is 0.0586. The van der Waals surface area contributed by atoms with E-state index in [0.29, 0.717) is 5.69 Å². The molecule has 2 unspecified atom stereocenters. The number of nitrogens with zero attached hydrogens (tertiary/aromatic N) is 3. The van der Waals surface area contributed by atoms with Gasteiger partial charge in [0.05, 0.1) is 17.8 Å². The summed E-state index contributed by atoms with van der Waals surface area (Å²) in [5.41, 5.74) is 0.307. The van der Waals surface area contributed by atoms with Gasteiger partial charge in [-0.3, -0.25) is 53.0 Å². The van der Waals surface area contributed by atoms with Gasteiger partial charge in [0.2, 0.25) is 47.3 Å². The highest BCUT2D eigenvalue weighted by molar-refractivity contribution is 6.04. The SMILES string of the molecule is CC(C)C(=O)OCc1ccc(NC(=O)[C@H](C)NC(=O)[C@@H](NC(=O)CCC(=O)N(CCN2C(=O)CC(C(C)(C)C)C2=O)CCN2C(=O)CC(C(C)(C)C)C2=O)C(C)C)cc1. The highest BCUT2D eigenvalue weighted by Gasteiger charge is 2.46. The summed E-state index contributed by atoms with van der Waals surface area (Å²) in [7, 11) is 0. The second-order valence-electron chi connectivity index (χ2n) is 18.4. The molecule has 1 aromatic carbocycles. The molecule has 2 aliphatic rings. The minimum Gasteiger partial charge on any atom is -0.461 e. The quantitative estimate of drug-likeness (QED) is 0.145. The van der Waals surface area contributed by atoms with Gasteiger partial charge in [0.15, 0.2) is 0 Å². The van der Waals surface area contributed by atoms with Crippen molar-refractivity contribution in [3.63, 3.8) is 0 Å². The van der Waals surface area contributed by atoms with E-state index < -0.39 is 64.3 Å². The molecule has 1 aromatic rings. The lowest BCUT2D eigenvalue weighted by molar-refractivity contribution is -0.148. The first-order valence-corrected chi connectivity index (χ1v) is 20.4. The third-order valence-electron chi connectivity index (χ3n) is 10.8. The Hall–Kier alpha value is -5.15. The van der Waals surface area contributed by atoms with E-state index in [9.17, 15) is 43.2 Å². The van der Waals surface area contributed by atoms with Crippen LogP contribution in [0.2, 0.25) is 0 Å². The number of carbonyl (C=O) groups excluding carboxylic acids is 9. The van der Waals surface area contributed by atoms with Crippen LogP contribution in [0.15, 0.2) is 24.3 Å². The van der Waals surface area contributed by atoms with Crippen LogP contribution in [0.1, 0.15) is 107 Å². The van der Waals surface area contributed by atoms with Gasteiger partial charge in [-0.05, 0) is 41.4 Å². The van der Waals surface area contributed by atoms with Crippen LogP contribution in [-0.2, 0) is 54.5 Å². The molecule has 59 heavy (non-hydrogen) atoms. The van der Waals surface area contributed by atoms with Crippen molar-refractivity contribution in [2.45, 2.75) is 121 Å². The van der Waals surface area contributed by atoms with E-state index in [1.54, 1.807) is 52.0 Å². The van der Waals surface area contributed by atoms with Crippen molar-refractivity contribution in [2.24, 2.45) is 34.5 Å². The lowest BCUT2D eigenvalue weighted by Gasteiger charge is -2.29. The maximum Gasteiger partial charge on any atom is 0.308 e. The predicted molar refractivity (Wildman–Crippen MR) is 218 cm³/mol. The Kier molecular flexibility index (Phi) is 16.5. The fourth-order valence-electron chi connectivity index (χ4n) is 6.78. The van der Waals surface area contributed by atoms with E-state index in [2.05, 4.69) is 16.0 Å². The Labute approximate surface area is 347 Å². The molecule has 4 atom stereocenters. The van der Waals surface area contributed by atoms with Gasteiger partial charge in [-0.15, -0.1) is 0 Å². The topological polar surface area (TPSA) is 209 Å². The molecule has 2 aliphatic heterocycles. The average molecular weight is 825 g/mol. The molecule has 326 valence electrons. The molecule has 0 radical (unpaired) electrons. The van der Waals surface area contributed by atoms with E-state index in [0.717, 1.165) is 15.4 Å². The monoisotopic (exact) mass is 824 g/mol. The molecular weight excluding hydrogens is 761 g/mol. The Morgan fingerprint density at radius 3 is 1.64 bits per heavy atom. The number of ether oxygens (including phenoxy) is 1. The zero-order chi connectivity index (χ0) is 44.6. The van der Waals surface area contributed by atoms with Gasteiger partial charge in [-0.25, -0.2) is 0 Å². The Balaban J connectivity index is 1.61. The first kappa shape index (κ1) is 48.2. The van der Waals surface area contributed by atoms with Crippen molar-refractivity contribution in [1.82, 2.24) is 25.3 Å². The molecule has 0 aliphatic carbocycles. The number of likely N-dealkylation sites (tertiary alicyclic amines) is 2. The molecule has 0 spiro atoms. The molecular formula is C43H64N6O10. The minimum atomic E-state index is -1.04. The van der Waals surface area contributed by atoms with Crippen molar-refractivity contribution in [1.29, 1.82) is 0 Å². The van der Waals surface area contributed by atoms with Gasteiger partial charge in [-0.2, -0.15) is 0 Å². The van der Waals surface area contributed by atoms with Crippen LogP contribution >= 0.6 is 0 Å². The summed E-state index contributed by atoms with van der Waals surface area (Å²) in [6.45, 7) is 19.5. The van der Waals surface area contributed by atoms with E-state index in [-0.39, 0.29) is 94.0 Å². The lowest BCUT2D eigenvalue weighted by atomic mass is 9.80. The summed E-state index contributed by atoms with van der Waals surface area (Å²) >= 11 is 0. The maximum absolute atomic E-state index is 13.7. The number of nitrogens with one attached hydrogen (secondary N) is 3. The molecule has 16 heteroatoms. The number of rotatable bonds is 18. The van der Waals surface area contributed by atoms with Crippen molar-refractivity contribution < 1.29 is 47.9 Å². The number of benzene rings is 1. The van der Waals surface area contributed by atoms with E-state index >= 15 is 0 Å². The molecule has 0 aromatic heterocycles. The van der Waals surface area contributed by atoms with Gasteiger partial charge in [0, 0.05) is 57.5 Å². The summed E-state index contributed by atoms with van der Waals surface area (Å²) < 4.78 is 5.22. The maximum atomic E-state index is 13.7. The van der Waals surface area contributed by atoms with Crippen LogP contribution in [0.4, 0.5) is 5.69 Å². The van der Waals surface area contributed by atoms with Crippen LogP contribution in [0.5, 0.6) is 0 Å². The third-order valence-corrected chi connectivity index (χ3v) is 10.8. The molecule has 3 N–H and O–H groups in total. The van der Waals surface area contributed by atoms with Gasteiger partial charge in [0.25, 0.3) is 0 Å². The first-order valence-electron chi connectivity index (χ1n) is 20.4. The van der Waals surface area contributed by atoms with Gasteiger partial charge in [0.1, 0.15) is 18.7 Å². The second-order valence-corrected chi connectivity index (χ2v) is 18.4. The van der Waals surface area contributed by atoms with Crippen molar-refractivity contribution in [3.05, 3.63) is 29.8 Å². The van der Waals surface area contributed by atoms with Crippen LogP contribution in [0.25, 0.3) is 0 Å². The molecule has 2 heterocycles. The highest BCUT2D eigenvalue weighted by atomic mass is 16.5. The van der Waals surface area contributed by atoms with Crippen LogP contribution in [0, 0.1) is 34.5 Å². The average Bonchev–Trinajstić information content (AvgIpc) is 3.60. The fraction of sp³-hybridized carbons (Fsp3) is 0.651. The van der Waals surface area contributed by atoms with Crippen molar-refractivity contribution in [2.75, 3.05) is 31.5 Å². The number of esters is 1. The molecule has 0 saturated carbocycles. The lowest BCUT2D eigenvalue weighted by Crippen LogP contribution is -2.53. The van der Waals surface area contributed by atoms with Gasteiger partial charge >= 0.3 is 5.97 Å². The van der Waals surface area contributed by atoms with Crippen LogP contribution < -0.4 is 16.0 Å². The molecule has 0 bridgehead atoms. The van der Waals surface area contributed by atoms with Gasteiger partial charge in [-0.1, -0.05) is 81.4 Å². The fourth-order valence-corrected chi connectivity index (χ4v) is 6.78. The van der Waals surface area contributed by atoms with Crippen molar-refractivity contribution >= 4 is 58.9 Å². The predicted octanol–water partition coefficient (Wildman–Crippen LogP) is 3.42. The summed E-state index contributed by atoms with van der Waals surface area (Å²) in [6.07, 6.45) is -0.489. The number of anilines is 1. The van der Waals surface area contributed by atoms with Crippen LogP contribution in [0.3, 0.4) is 0 Å². The number of carbonyl (C=O) groups is 9.